The molecule has 1 aliphatic rings. The van der Waals surface area contributed by atoms with Crippen LogP contribution in [0.15, 0.2) is 47.5 Å². The van der Waals surface area contributed by atoms with Gasteiger partial charge in [-0.3, -0.25) is 9.59 Å². The lowest BCUT2D eigenvalue weighted by Gasteiger charge is -2.08. The Hall–Kier alpha value is -2.22. The van der Waals surface area contributed by atoms with Crippen molar-refractivity contribution in [3.05, 3.63) is 52.5 Å². The van der Waals surface area contributed by atoms with E-state index < -0.39 is 5.25 Å². The van der Waals surface area contributed by atoms with E-state index in [1.165, 1.54) is 11.8 Å². The van der Waals surface area contributed by atoms with Crippen molar-refractivity contribution in [2.24, 2.45) is 4.99 Å². The van der Waals surface area contributed by atoms with Crippen molar-refractivity contribution in [2.75, 3.05) is 12.4 Å². The first-order valence-corrected chi connectivity index (χ1v) is 9.53. The van der Waals surface area contributed by atoms with Crippen LogP contribution in [-0.4, -0.2) is 29.3 Å². The van der Waals surface area contributed by atoms with E-state index in [1.807, 2.05) is 0 Å². The van der Waals surface area contributed by atoms with Crippen LogP contribution in [0, 0.1) is 0 Å². The maximum absolute atomic E-state index is 12.2. The molecule has 0 bridgehead atoms. The van der Waals surface area contributed by atoms with Crippen LogP contribution in [0.3, 0.4) is 0 Å². The molecule has 0 aliphatic carbocycles. The maximum Gasteiger partial charge on any atom is 0.240 e. The van der Waals surface area contributed by atoms with E-state index in [-0.39, 0.29) is 18.2 Å². The number of aliphatic imine (C=N–C) groups is 1. The molecule has 140 valence electrons. The molecule has 27 heavy (non-hydrogen) atoms. The molecule has 1 fully saturated rings. The summed E-state index contributed by atoms with van der Waals surface area (Å²) in [6, 6.07) is 11.9. The molecule has 2 aromatic carbocycles. The second-order valence-corrected chi connectivity index (χ2v) is 7.60. The molecule has 0 saturated carbocycles. The van der Waals surface area contributed by atoms with Crippen molar-refractivity contribution >= 4 is 63.3 Å². The van der Waals surface area contributed by atoms with Crippen LogP contribution in [0.4, 0.5) is 11.4 Å². The highest BCUT2D eigenvalue weighted by molar-refractivity contribution is 8.15. The third-order valence-corrected chi connectivity index (χ3v) is 5.46. The predicted octanol–water partition coefficient (Wildman–Crippen LogP) is 4.25. The van der Waals surface area contributed by atoms with Crippen molar-refractivity contribution in [1.82, 2.24) is 5.32 Å². The zero-order valence-electron chi connectivity index (χ0n) is 14.2. The predicted molar refractivity (Wildman–Crippen MR) is 109 cm³/mol. The average Bonchev–Trinajstić information content (AvgIpc) is 2.97. The highest BCUT2D eigenvalue weighted by Crippen LogP contribution is 2.29. The lowest BCUT2D eigenvalue weighted by atomic mass is 10.2. The Kier molecular flexibility index (Phi) is 6.26. The summed E-state index contributed by atoms with van der Waals surface area (Å²) in [6.07, 6.45) is 0.0219. The number of hydrogen-bond donors (Lipinski definition) is 2. The lowest BCUT2D eigenvalue weighted by molar-refractivity contribution is -0.122. The number of halogens is 2. The van der Waals surface area contributed by atoms with Gasteiger partial charge in [-0.2, -0.15) is 0 Å². The van der Waals surface area contributed by atoms with E-state index >= 15 is 0 Å². The maximum atomic E-state index is 12.2. The molecule has 0 aromatic heterocycles. The second kappa shape index (κ2) is 8.65. The summed E-state index contributed by atoms with van der Waals surface area (Å²) in [4.78, 5) is 28.7. The van der Waals surface area contributed by atoms with Crippen LogP contribution in [0.25, 0.3) is 0 Å². The summed E-state index contributed by atoms with van der Waals surface area (Å²) in [7, 11) is 1.55. The van der Waals surface area contributed by atoms with Crippen molar-refractivity contribution in [3.8, 4) is 5.75 Å². The number of methoxy groups -OCH3 is 1. The van der Waals surface area contributed by atoms with E-state index in [2.05, 4.69) is 15.6 Å². The van der Waals surface area contributed by atoms with Crippen LogP contribution in [0.5, 0.6) is 5.75 Å². The molecule has 1 saturated heterocycles. The van der Waals surface area contributed by atoms with Gasteiger partial charge in [-0.05, 0) is 30.3 Å². The molecule has 1 aliphatic heterocycles. The normalized spacial score (nSPS) is 17.7. The highest BCUT2D eigenvalue weighted by Gasteiger charge is 2.32. The molecule has 1 unspecified atom stereocenters. The van der Waals surface area contributed by atoms with Gasteiger partial charge < -0.3 is 15.4 Å². The molecule has 1 atom stereocenters. The fourth-order valence-electron chi connectivity index (χ4n) is 2.35. The fourth-order valence-corrected chi connectivity index (χ4v) is 3.63. The lowest BCUT2D eigenvalue weighted by Crippen LogP contribution is -2.28. The Labute approximate surface area is 170 Å². The number of thioether (sulfide) groups is 1. The van der Waals surface area contributed by atoms with E-state index in [9.17, 15) is 9.59 Å². The van der Waals surface area contributed by atoms with Gasteiger partial charge in [0, 0.05) is 18.2 Å². The number of ether oxygens (including phenoxy) is 1. The number of anilines is 1. The van der Waals surface area contributed by atoms with Gasteiger partial charge >= 0.3 is 0 Å². The first-order chi connectivity index (χ1) is 12.9. The average molecular weight is 424 g/mol. The number of rotatable bonds is 5. The molecule has 1 heterocycles. The standard InChI is InChI=1S/C18H15Cl2N3O3S/c1-26-12-4-2-3-10(7-12)21-16(24)9-15-17(25)23-18(27-15)22-11-5-6-13(19)14(20)8-11/h2-8,15H,9H2,1H3,(H,21,24)(H,22,23,25). The summed E-state index contributed by atoms with van der Waals surface area (Å²) in [5.41, 5.74) is 1.17. The number of carbonyl (C=O) groups excluding carboxylic acids is 2. The third kappa shape index (κ3) is 5.15. The number of amides is 2. The summed E-state index contributed by atoms with van der Waals surface area (Å²) in [5.74, 6) is 0.100. The minimum absolute atomic E-state index is 0.0219. The van der Waals surface area contributed by atoms with Crippen molar-refractivity contribution < 1.29 is 14.3 Å². The Balaban J connectivity index is 1.62. The summed E-state index contributed by atoms with van der Waals surface area (Å²) < 4.78 is 5.12. The first kappa shape index (κ1) is 19.5. The minimum Gasteiger partial charge on any atom is -0.497 e. The first-order valence-electron chi connectivity index (χ1n) is 7.90. The van der Waals surface area contributed by atoms with Gasteiger partial charge in [0.1, 0.15) is 11.0 Å². The molecule has 2 amide bonds. The number of amidine groups is 1. The molecular formula is C18H15Cl2N3O3S. The van der Waals surface area contributed by atoms with Gasteiger partial charge in [0.2, 0.25) is 11.8 Å². The minimum atomic E-state index is -0.558. The molecule has 6 nitrogen and oxygen atoms in total. The zero-order valence-corrected chi connectivity index (χ0v) is 16.5. The quantitative estimate of drug-likeness (QED) is 0.752. The summed E-state index contributed by atoms with van der Waals surface area (Å²) in [6.45, 7) is 0. The number of benzene rings is 2. The molecule has 2 N–H and O–H groups in total. The Morgan fingerprint density at radius 2 is 2.07 bits per heavy atom. The van der Waals surface area contributed by atoms with Crippen LogP contribution in [0.2, 0.25) is 10.0 Å². The van der Waals surface area contributed by atoms with Crippen LogP contribution >= 0.6 is 35.0 Å². The molecule has 0 radical (unpaired) electrons. The molecule has 0 spiro atoms. The smallest absolute Gasteiger partial charge is 0.240 e. The van der Waals surface area contributed by atoms with Gasteiger partial charge in [0.05, 0.1) is 22.8 Å². The summed E-state index contributed by atoms with van der Waals surface area (Å²) >= 11 is 13.0. The monoisotopic (exact) mass is 423 g/mol. The highest BCUT2D eigenvalue weighted by atomic mass is 35.5. The van der Waals surface area contributed by atoms with E-state index in [0.717, 1.165) is 0 Å². The van der Waals surface area contributed by atoms with Gasteiger partial charge in [-0.15, -0.1) is 0 Å². The van der Waals surface area contributed by atoms with Gasteiger partial charge in [-0.25, -0.2) is 4.99 Å². The zero-order chi connectivity index (χ0) is 19.4. The topological polar surface area (TPSA) is 79.8 Å². The molecular weight excluding hydrogens is 409 g/mol. The molecule has 9 heteroatoms. The van der Waals surface area contributed by atoms with Crippen molar-refractivity contribution in [1.29, 1.82) is 0 Å². The van der Waals surface area contributed by atoms with E-state index in [0.29, 0.717) is 32.3 Å². The Bertz CT molecular complexity index is 920. The third-order valence-electron chi connectivity index (χ3n) is 3.63. The number of hydrogen-bond acceptors (Lipinski definition) is 5. The van der Waals surface area contributed by atoms with Crippen LogP contribution in [-0.2, 0) is 9.59 Å². The van der Waals surface area contributed by atoms with E-state index in [4.69, 9.17) is 27.9 Å². The van der Waals surface area contributed by atoms with Gasteiger partial charge in [-0.1, -0.05) is 41.0 Å². The fraction of sp³-hybridized carbons (Fsp3) is 0.167. The Morgan fingerprint density at radius 1 is 1.26 bits per heavy atom. The second-order valence-electron chi connectivity index (χ2n) is 5.60. The summed E-state index contributed by atoms with van der Waals surface area (Å²) in [5, 5.41) is 6.09. The molecule has 2 aromatic rings. The van der Waals surface area contributed by atoms with Crippen molar-refractivity contribution in [3.63, 3.8) is 0 Å². The van der Waals surface area contributed by atoms with Crippen molar-refractivity contribution in [2.45, 2.75) is 11.7 Å². The SMILES string of the molecule is COc1cccc(NC(=O)CC2SC(=Nc3ccc(Cl)c(Cl)c3)NC2=O)c1. The van der Waals surface area contributed by atoms with Gasteiger partial charge in [0.15, 0.2) is 5.17 Å². The number of carbonyl (C=O) groups is 2. The molecule has 3 rings (SSSR count). The van der Waals surface area contributed by atoms with E-state index in [1.54, 1.807) is 49.6 Å². The van der Waals surface area contributed by atoms with Crippen LogP contribution in [0.1, 0.15) is 6.42 Å². The van der Waals surface area contributed by atoms with Crippen LogP contribution < -0.4 is 15.4 Å². The Morgan fingerprint density at radius 3 is 2.81 bits per heavy atom. The number of nitrogens with one attached hydrogen (secondary N) is 2. The largest absolute Gasteiger partial charge is 0.497 e. The number of nitrogens with zero attached hydrogens (tertiary/aromatic N) is 1. The van der Waals surface area contributed by atoms with Gasteiger partial charge in [0.25, 0.3) is 0 Å².